The highest BCUT2D eigenvalue weighted by Crippen LogP contribution is 2.26. The van der Waals surface area contributed by atoms with E-state index >= 15 is 0 Å². The van der Waals surface area contributed by atoms with Crippen LogP contribution >= 0.6 is 0 Å². The molecular formula is C19H17N5O2. The third-order valence-electron chi connectivity index (χ3n) is 4.27. The maximum absolute atomic E-state index is 11.4. The number of hydrogen-bond acceptors (Lipinski definition) is 5. The van der Waals surface area contributed by atoms with Crippen LogP contribution in [0.3, 0.4) is 0 Å². The van der Waals surface area contributed by atoms with Gasteiger partial charge in [0.15, 0.2) is 11.5 Å². The predicted molar refractivity (Wildman–Crippen MR) is 97.3 cm³/mol. The maximum atomic E-state index is 11.4. The second-order valence-electron chi connectivity index (χ2n) is 5.99. The van der Waals surface area contributed by atoms with Crippen LogP contribution in [0.25, 0.3) is 5.65 Å². The average Bonchev–Trinajstić information content (AvgIpc) is 3.02. The number of imidazole rings is 1. The van der Waals surface area contributed by atoms with E-state index in [9.17, 15) is 10.1 Å². The number of aromatic nitrogens is 2. The van der Waals surface area contributed by atoms with Crippen molar-refractivity contribution in [1.29, 1.82) is 5.26 Å². The molecule has 0 atom stereocenters. The number of ether oxygens (including phenoxy) is 1. The number of nitriles is 1. The van der Waals surface area contributed by atoms with E-state index in [1.807, 2.05) is 42.6 Å². The number of nitrogens with zero attached hydrogens (tertiary/aromatic N) is 3. The van der Waals surface area contributed by atoms with Gasteiger partial charge in [0.05, 0.1) is 6.54 Å². The highest BCUT2D eigenvalue weighted by Gasteiger charge is 2.15. The number of amides is 1. The third-order valence-corrected chi connectivity index (χ3v) is 4.27. The molecule has 3 heterocycles. The van der Waals surface area contributed by atoms with Gasteiger partial charge in [-0.05, 0) is 42.3 Å². The number of fused-ring (bicyclic) bond motifs is 2. The Kier molecular flexibility index (Phi) is 4.15. The Bertz CT molecular complexity index is 1020. The highest BCUT2D eigenvalue weighted by atomic mass is 16.5. The number of carbonyl (C=O) groups is 1. The average molecular weight is 347 g/mol. The first-order valence-corrected chi connectivity index (χ1v) is 8.41. The van der Waals surface area contributed by atoms with E-state index in [1.165, 1.54) is 0 Å². The molecule has 1 aliphatic heterocycles. The summed E-state index contributed by atoms with van der Waals surface area (Å²) in [5, 5.41) is 15.4. The van der Waals surface area contributed by atoms with Crippen molar-refractivity contribution in [2.75, 3.05) is 23.8 Å². The number of nitrogens with one attached hydrogen (secondary N) is 2. The van der Waals surface area contributed by atoms with E-state index in [0.29, 0.717) is 31.1 Å². The first-order chi connectivity index (χ1) is 12.7. The number of benzene rings is 1. The van der Waals surface area contributed by atoms with Crippen LogP contribution in [0, 0.1) is 11.3 Å². The number of pyridine rings is 1. The topological polar surface area (TPSA) is 91.4 Å². The molecule has 0 radical (unpaired) electrons. The van der Waals surface area contributed by atoms with E-state index in [4.69, 9.17) is 4.74 Å². The second kappa shape index (κ2) is 6.76. The molecule has 0 bridgehead atoms. The van der Waals surface area contributed by atoms with Crippen LogP contribution in [-0.2, 0) is 11.2 Å². The first kappa shape index (κ1) is 16.0. The standard InChI is InChI=1S/C19H17N5O2/c20-12-16-19(23-17-3-1-2-9-24(16)17)21-8-10-26-14-5-6-15-13(11-14)4-7-18(25)22-15/h1-3,5-6,9,11,21H,4,7-8,10H2,(H,22,25). The van der Waals surface area contributed by atoms with E-state index < -0.39 is 0 Å². The molecule has 7 heteroatoms. The Hall–Kier alpha value is -3.53. The Morgan fingerprint density at radius 3 is 3.12 bits per heavy atom. The summed E-state index contributed by atoms with van der Waals surface area (Å²) in [7, 11) is 0. The monoisotopic (exact) mass is 347 g/mol. The van der Waals surface area contributed by atoms with Gasteiger partial charge in [-0.15, -0.1) is 0 Å². The summed E-state index contributed by atoms with van der Waals surface area (Å²) >= 11 is 0. The molecule has 0 unspecified atom stereocenters. The highest BCUT2D eigenvalue weighted by molar-refractivity contribution is 5.94. The number of anilines is 2. The van der Waals surface area contributed by atoms with Crippen molar-refractivity contribution in [3.8, 4) is 11.8 Å². The van der Waals surface area contributed by atoms with Crippen molar-refractivity contribution in [1.82, 2.24) is 9.38 Å². The summed E-state index contributed by atoms with van der Waals surface area (Å²) < 4.78 is 7.53. The summed E-state index contributed by atoms with van der Waals surface area (Å²) in [5.74, 6) is 1.36. The van der Waals surface area contributed by atoms with E-state index in [2.05, 4.69) is 21.7 Å². The van der Waals surface area contributed by atoms with Gasteiger partial charge < -0.3 is 15.4 Å². The Morgan fingerprint density at radius 1 is 1.31 bits per heavy atom. The first-order valence-electron chi connectivity index (χ1n) is 8.41. The maximum Gasteiger partial charge on any atom is 0.224 e. The minimum absolute atomic E-state index is 0.0520. The molecule has 1 amide bonds. The van der Waals surface area contributed by atoms with Crippen molar-refractivity contribution in [2.24, 2.45) is 0 Å². The lowest BCUT2D eigenvalue weighted by Gasteiger charge is -2.17. The molecule has 2 N–H and O–H groups in total. The lowest BCUT2D eigenvalue weighted by atomic mass is 10.0. The van der Waals surface area contributed by atoms with E-state index in [0.717, 1.165) is 29.1 Å². The fourth-order valence-electron chi connectivity index (χ4n) is 3.01. The van der Waals surface area contributed by atoms with Crippen molar-refractivity contribution < 1.29 is 9.53 Å². The zero-order valence-electron chi connectivity index (χ0n) is 14.0. The van der Waals surface area contributed by atoms with Crippen LogP contribution in [0.15, 0.2) is 42.6 Å². The normalized spacial score (nSPS) is 13.0. The summed E-state index contributed by atoms with van der Waals surface area (Å²) in [5.41, 5.74) is 3.14. The summed E-state index contributed by atoms with van der Waals surface area (Å²) in [6.45, 7) is 0.955. The van der Waals surface area contributed by atoms with Gasteiger partial charge in [-0.2, -0.15) is 5.26 Å². The molecule has 1 aromatic carbocycles. The largest absolute Gasteiger partial charge is 0.492 e. The van der Waals surface area contributed by atoms with Crippen LogP contribution in [0.5, 0.6) is 5.75 Å². The van der Waals surface area contributed by atoms with Gasteiger partial charge in [-0.25, -0.2) is 4.98 Å². The molecule has 7 nitrogen and oxygen atoms in total. The third kappa shape index (κ3) is 3.05. The Morgan fingerprint density at radius 2 is 2.23 bits per heavy atom. The molecule has 0 saturated carbocycles. The minimum Gasteiger partial charge on any atom is -0.492 e. The van der Waals surface area contributed by atoms with Gasteiger partial charge in [-0.1, -0.05) is 6.07 Å². The molecular weight excluding hydrogens is 330 g/mol. The minimum atomic E-state index is 0.0520. The van der Waals surface area contributed by atoms with Gasteiger partial charge >= 0.3 is 0 Å². The Balaban J connectivity index is 1.37. The van der Waals surface area contributed by atoms with Gasteiger partial charge in [0.25, 0.3) is 0 Å². The van der Waals surface area contributed by atoms with Crippen molar-refractivity contribution >= 4 is 23.1 Å². The van der Waals surface area contributed by atoms with Gasteiger partial charge in [0.2, 0.25) is 5.91 Å². The number of rotatable bonds is 5. The summed E-state index contributed by atoms with van der Waals surface area (Å²) in [6, 6.07) is 13.4. The van der Waals surface area contributed by atoms with Crippen molar-refractivity contribution in [2.45, 2.75) is 12.8 Å². The number of carbonyl (C=O) groups excluding carboxylic acids is 1. The number of aryl methyl sites for hydroxylation is 1. The molecule has 0 spiro atoms. The second-order valence-corrected chi connectivity index (χ2v) is 5.99. The van der Waals surface area contributed by atoms with Gasteiger partial charge in [0.1, 0.15) is 24.1 Å². The van der Waals surface area contributed by atoms with Crippen LogP contribution < -0.4 is 15.4 Å². The zero-order chi connectivity index (χ0) is 17.9. The molecule has 0 fully saturated rings. The lowest BCUT2D eigenvalue weighted by Crippen LogP contribution is -2.19. The fraction of sp³-hybridized carbons (Fsp3) is 0.211. The molecule has 0 aliphatic carbocycles. The quantitative estimate of drug-likeness (QED) is 0.692. The molecule has 26 heavy (non-hydrogen) atoms. The van der Waals surface area contributed by atoms with Crippen LogP contribution in [0.1, 0.15) is 17.7 Å². The SMILES string of the molecule is N#Cc1c(NCCOc2ccc3c(c2)CCC(=O)N3)nc2ccccn12. The molecule has 3 aromatic rings. The van der Waals surface area contributed by atoms with E-state index in [1.54, 1.807) is 4.40 Å². The fourth-order valence-corrected chi connectivity index (χ4v) is 3.01. The zero-order valence-corrected chi connectivity index (χ0v) is 14.0. The van der Waals surface area contributed by atoms with Crippen molar-refractivity contribution in [3.63, 3.8) is 0 Å². The summed E-state index contributed by atoms with van der Waals surface area (Å²) in [6.07, 6.45) is 3.04. The van der Waals surface area contributed by atoms with Crippen LogP contribution in [-0.4, -0.2) is 28.4 Å². The molecule has 1 aliphatic rings. The lowest BCUT2D eigenvalue weighted by molar-refractivity contribution is -0.116. The van der Waals surface area contributed by atoms with E-state index in [-0.39, 0.29) is 5.91 Å². The van der Waals surface area contributed by atoms with Crippen LogP contribution in [0.4, 0.5) is 11.5 Å². The molecule has 130 valence electrons. The number of hydrogen-bond donors (Lipinski definition) is 2. The van der Waals surface area contributed by atoms with Gasteiger partial charge in [-0.3, -0.25) is 9.20 Å². The predicted octanol–water partition coefficient (Wildman–Crippen LogP) is 2.58. The van der Waals surface area contributed by atoms with Crippen molar-refractivity contribution in [3.05, 3.63) is 53.9 Å². The van der Waals surface area contributed by atoms with Gasteiger partial charge in [0, 0.05) is 18.3 Å². The molecule has 4 rings (SSSR count). The summed E-state index contributed by atoms with van der Waals surface area (Å²) in [4.78, 5) is 15.8. The smallest absolute Gasteiger partial charge is 0.224 e. The molecule has 2 aromatic heterocycles. The molecule has 0 saturated heterocycles. The Labute approximate surface area is 150 Å². The van der Waals surface area contributed by atoms with Crippen LogP contribution in [0.2, 0.25) is 0 Å².